The summed E-state index contributed by atoms with van der Waals surface area (Å²) < 4.78 is 10.7. The molecule has 1 aliphatic carbocycles. The number of hydrogen-bond acceptors (Lipinski definition) is 6. The number of imide groups is 1. The number of carbonyl (C=O) groups excluding carboxylic acids is 3. The van der Waals surface area contributed by atoms with Gasteiger partial charge >= 0.3 is 12.0 Å². The largest absolute Gasteiger partial charge is 0.465 e. The summed E-state index contributed by atoms with van der Waals surface area (Å²) in [7, 11) is 0. The van der Waals surface area contributed by atoms with E-state index >= 15 is 0 Å². The first-order valence-corrected chi connectivity index (χ1v) is 11.0. The Balaban J connectivity index is 1.54. The molecule has 0 radical (unpaired) electrons. The average Bonchev–Trinajstić information content (AvgIpc) is 3.46. The lowest BCUT2D eigenvalue weighted by Gasteiger charge is -2.12. The van der Waals surface area contributed by atoms with Gasteiger partial charge < -0.3 is 14.5 Å². The van der Waals surface area contributed by atoms with E-state index in [2.05, 4.69) is 10.6 Å². The monoisotopic (exact) mass is 447 g/mol. The molecule has 0 saturated heterocycles. The second-order valence-corrected chi connectivity index (χ2v) is 7.75. The van der Waals surface area contributed by atoms with Gasteiger partial charge in [0.2, 0.25) is 0 Å². The smallest absolute Gasteiger partial charge is 0.339 e. The molecule has 4 rings (SSSR count). The van der Waals surface area contributed by atoms with E-state index in [0.29, 0.717) is 41.6 Å². The number of hydrogen-bond donors (Lipinski definition) is 2. The molecule has 0 saturated carbocycles. The molecular weight excluding hydrogens is 422 g/mol. The van der Waals surface area contributed by atoms with Gasteiger partial charge in [-0.2, -0.15) is 0 Å². The van der Waals surface area contributed by atoms with Crippen molar-refractivity contribution < 1.29 is 23.5 Å². The molecule has 0 atom stereocenters. The summed E-state index contributed by atoms with van der Waals surface area (Å²) in [6.07, 6.45) is 6.59. The lowest BCUT2D eigenvalue weighted by atomic mass is 10.0. The van der Waals surface area contributed by atoms with Gasteiger partial charge in [-0.3, -0.25) is 10.1 Å². The molecule has 2 heterocycles. The molecule has 170 valence electrons. The van der Waals surface area contributed by atoms with Crippen LogP contribution in [0.25, 0.3) is 22.6 Å². The number of rotatable bonds is 7. The van der Waals surface area contributed by atoms with E-state index in [9.17, 15) is 14.4 Å². The van der Waals surface area contributed by atoms with Crippen molar-refractivity contribution in [1.29, 1.82) is 0 Å². The number of para-hydroxylation sites is 1. The molecule has 3 amide bonds. The molecule has 1 aromatic carbocycles. The second-order valence-electron chi connectivity index (χ2n) is 7.75. The summed E-state index contributed by atoms with van der Waals surface area (Å²) >= 11 is 0. The Morgan fingerprint density at radius 3 is 2.79 bits per heavy atom. The number of furan rings is 1. The molecule has 1 aliphatic rings. The van der Waals surface area contributed by atoms with E-state index in [1.807, 2.05) is 49.4 Å². The van der Waals surface area contributed by atoms with Crippen LogP contribution in [-0.2, 0) is 16.0 Å². The van der Waals surface area contributed by atoms with Crippen LogP contribution in [-0.4, -0.2) is 36.0 Å². The van der Waals surface area contributed by atoms with Crippen molar-refractivity contribution >= 4 is 40.5 Å². The quantitative estimate of drug-likeness (QED) is 0.417. The number of amides is 3. The fraction of sp³-hybridized carbons (Fsp3) is 0.280. The van der Waals surface area contributed by atoms with Crippen LogP contribution in [0.3, 0.4) is 0 Å². The highest BCUT2D eigenvalue weighted by atomic mass is 16.5. The normalized spacial score (nSPS) is 13.7. The van der Waals surface area contributed by atoms with Gasteiger partial charge in [-0.15, -0.1) is 0 Å². The molecule has 2 aromatic heterocycles. The maximum atomic E-state index is 13.1. The Bertz CT molecular complexity index is 1210. The summed E-state index contributed by atoms with van der Waals surface area (Å²) in [4.78, 5) is 41.7. The highest BCUT2D eigenvalue weighted by molar-refractivity contribution is 6.07. The van der Waals surface area contributed by atoms with Crippen LogP contribution in [0.5, 0.6) is 0 Å². The van der Waals surface area contributed by atoms with Crippen molar-refractivity contribution in [3.63, 3.8) is 0 Å². The number of fused-ring (bicyclic) bond motifs is 2. The Labute approximate surface area is 191 Å². The third-order valence-electron chi connectivity index (χ3n) is 5.41. The predicted molar refractivity (Wildman–Crippen MR) is 123 cm³/mol. The van der Waals surface area contributed by atoms with E-state index in [-0.39, 0.29) is 0 Å². The molecule has 8 heteroatoms. The first kappa shape index (κ1) is 22.3. The summed E-state index contributed by atoms with van der Waals surface area (Å²) in [5.41, 5.74) is 3.56. The lowest BCUT2D eigenvalue weighted by molar-refractivity contribution is -0.123. The SMILES string of the molecule is CCCCNC(=O)NC(=O)COC(=O)c1c2c(nc3ccccc13)/C(=C/c1ccco1)CC2. The highest BCUT2D eigenvalue weighted by Crippen LogP contribution is 2.37. The number of aromatic nitrogens is 1. The number of ether oxygens (including phenoxy) is 1. The van der Waals surface area contributed by atoms with Gasteiger partial charge in [-0.1, -0.05) is 31.5 Å². The van der Waals surface area contributed by atoms with Crippen LogP contribution in [0, 0.1) is 0 Å². The number of carbonyl (C=O) groups is 3. The minimum absolute atomic E-state index is 0.402. The van der Waals surface area contributed by atoms with E-state index in [0.717, 1.165) is 29.7 Å². The van der Waals surface area contributed by atoms with Crippen molar-refractivity contribution in [3.05, 3.63) is 65.2 Å². The standard InChI is InChI=1S/C25H25N3O5/c1-2-3-12-26-25(31)28-21(29)15-33-24(30)22-18-8-4-5-9-20(18)27-23-16(10-11-19(22)23)14-17-7-6-13-32-17/h4-9,13-14H,2-3,10-12,15H2,1H3,(H2,26,28,29,31)/b16-14+. The topological polar surface area (TPSA) is 111 Å². The Kier molecular flexibility index (Phi) is 6.83. The van der Waals surface area contributed by atoms with E-state index < -0.39 is 24.5 Å². The number of nitrogens with zero attached hydrogens (tertiary/aromatic N) is 1. The van der Waals surface area contributed by atoms with Crippen LogP contribution in [0.4, 0.5) is 4.79 Å². The van der Waals surface area contributed by atoms with Gasteiger partial charge in [0.15, 0.2) is 6.61 Å². The third-order valence-corrected chi connectivity index (χ3v) is 5.41. The van der Waals surface area contributed by atoms with Gasteiger partial charge in [0.1, 0.15) is 5.76 Å². The molecule has 0 fully saturated rings. The molecule has 3 aromatic rings. The van der Waals surface area contributed by atoms with E-state index in [1.54, 1.807) is 6.26 Å². The summed E-state index contributed by atoms with van der Waals surface area (Å²) in [5.74, 6) is -0.595. The lowest BCUT2D eigenvalue weighted by Crippen LogP contribution is -2.41. The molecule has 0 spiro atoms. The number of urea groups is 1. The van der Waals surface area contributed by atoms with Crippen molar-refractivity contribution in [2.75, 3.05) is 13.2 Å². The van der Waals surface area contributed by atoms with Crippen LogP contribution < -0.4 is 10.6 Å². The van der Waals surface area contributed by atoms with Crippen molar-refractivity contribution in [3.8, 4) is 0 Å². The number of nitrogens with one attached hydrogen (secondary N) is 2. The number of allylic oxidation sites excluding steroid dienone is 1. The third kappa shape index (κ3) is 5.11. The van der Waals surface area contributed by atoms with Gasteiger partial charge in [0.05, 0.1) is 23.0 Å². The molecule has 2 N–H and O–H groups in total. The molecule has 33 heavy (non-hydrogen) atoms. The molecule has 0 bridgehead atoms. The Morgan fingerprint density at radius 1 is 1.15 bits per heavy atom. The fourth-order valence-corrected chi connectivity index (χ4v) is 3.85. The van der Waals surface area contributed by atoms with Crippen LogP contribution in [0.15, 0.2) is 47.1 Å². The zero-order chi connectivity index (χ0) is 23.2. The van der Waals surface area contributed by atoms with E-state index in [4.69, 9.17) is 14.1 Å². The maximum Gasteiger partial charge on any atom is 0.339 e. The summed E-state index contributed by atoms with van der Waals surface area (Å²) in [5, 5.41) is 5.42. The zero-order valence-electron chi connectivity index (χ0n) is 18.3. The van der Waals surface area contributed by atoms with Crippen LogP contribution >= 0.6 is 0 Å². The van der Waals surface area contributed by atoms with Crippen LogP contribution in [0.2, 0.25) is 0 Å². The number of benzene rings is 1. The van der Waals surface area contributed by atoms with Gasteiger partial charge in [0.25, 0.3) is 5.91 Å². The van der Waals surface area contributed by atoms with Gasteiger partial charge in [0, 0.05) is 11.9 Å². The Hall–Kier alpha value is -3.94. The van der Waals surface area contributed by atoms with Gasteiger partial charge in [-0.25, -0.2) is 14.6 Å². The fourth-order valence-electron chi connectivity index (χ4n) is 3.85. The van der Waals surface area contributed by atoms with Crippen molar-refractivity contribution in [2.24, 2.45) is 0 Å². The van der Waals surface area contributed by atoms with Gasteiger partial charge in [-0.05, 0) is 54.7 Å². The predicted octanol–water partition coefficient (Wildman–Crippen LogP) is 4.10. The average molecular weight is 447 g/mol. The zero-order valence-corrected chi connectivity index (χ0v) is 18.3. The first-order valence-electron chi connectivity index (χ1n) is 11.0. The molecule has 8 nitrogen and oxygen atoms in total. The Morgan fingerprint density at radius 2 is 2.00 bits per heavy atom. The number of unbranched alkanes of at least 4 members (excludes halogenated alkanes) is 1. The van der Waals surface area contributed by atoms with Crippen molar-refractivity contribution in [2.45, 2.75) is 32.6 Å². The van der Waals surface area contributed by atoms with E-state index in [1.165, 1.54) is 0 Å². The molecular formula is C25H25N3O5. The minimum Gasteiger partial charge on any atom is -0.465 e. The second kappa shape index (κ2) is 10.1. The minimum atomic E-state index is -0.689. The number of esters is 1. The van der Waals surface area contributed by atoms with Crippen LogP contribution in [0.1, 0.15) is 53.6 Å². The molecule has 0 unspecified atom stereocenters. The summed E-state index contributed by atoms with van der Waals surface area (Å²) in [6.45, 7) is 1.92. The van der Waals surface area contributed by atoms with Crippen molar-refractivity contribution in [1.82, 2.24) is 15.6 Å². The highest BCUT2D eigenvalue weighted by Gasteiger charge is 2.28. The summed E-state index contributed by atoms with van der Waals surface area (Å²) in [6, 6.07) is 10.4. The number of pyridine rings is 1. The first-order chi connectivity index (χ1) is 16.1. The molecule has 0 aliphatic heterocycles. The maximum absolute atomic E-state index is 13.1.